The van der Waals surface area contributed by atoms with Gasteiger partial charge in [-0.1, -0.05) is 12.8 Å². The fraction of sp³-hybridized carbons (Fsp3) is 0.500. The van der Waals surface area contributed by atoms with Gasteiger partial charge in [-0.2, -0.15) is 0 Å². The first-order valence-corrected chi connectivity index (χ1v) is 7.26. The normalized spacial score (nSPS) is 24.6. The Morgan fingerprint density at radius 3 is 2.77 bits per heavy atom. The molecule has 1 aliphatic carbocycles. The summed E-state index contributed by atoms with van der Waals surface area (Å²) < 4.78 is 18.3. The number of rotatable bonds is 4. The number of carboxylic acids is 1. The quantitative estimate of drug-likeness (QED) is 0.896. The summed E-state index contributed by atoms with van der Waals surface area (Å²) in [6.07, 6.45) is 2.85. The molecule has 2 N–H and O–H groups in total. The molecule has 5 nitrogen and oxygen atoms in total. The minimum Gasteiger partial charge on any atom is -0.494 e. The largest absolute Gasteiger partial charge is 0.494 e. The Hall–Kier alpha value is -2.11. The molecule has 1 aromatic rings. The fourth-order valence-corrected chi connectivity index (χ4v) is 3.01. The van der Waals surface area contributed by atoms with Crippen LogP contribution in [0.15, 0.2) is 18.2 Å². The van der Waals surface area contributed by atoms with Crippen molar-refractivity contribution in [3.63, 3.8) is 0 Å². The third-order valence-electron chi connectivity index (χ3n) is 4.32. The Kier molecular flexibility index (Phi) is 4.68. The Labute approximate surface area is 128 Å². The van der Waals surface area contributed by atoms with Crippen molar-refractivity contribution >= 4 is 11.9 Å². The van der Waals surface area contributed by atoms with Crippen molar-refractivity contribution in [2.45, 2.75) is 38.1 Å². The zero-order chi connectivity index (χ0) is 16.3. The highest BCUT2D eigenvalue weighted by atomic mass is 19.1. The molecular weight excluding hydrogens is 289 g/mol. The molecule has 1 fully saturated rings. The van der Waals surface area contributed by atoms with Crippen molar-refractivity contribution in [1.82, 2.24) is 5.32 Å². The molecule has 22 heavy (non-hydrogen) atoms. The average molecular weight is 309 g/mol. The highest BCUT2D eigenvalue weighted by Gasteiger charge is 2.42. The van der Waals surface area contributed by atoms with E-state index in [1.165, 1.54) is 19.2 Å². The second-order valence-corrected chi connectivity index (χ2v) is 5.86. The third-order valence-corrected chi connectivity index (χ3v) is 4.32. The van der Waals surface area contributed by atoms with Crippen LogP contribution in [0.25, 0.3) is 0 Å². The van der Waals surface area contributed by atoms with Crippen LogP contribution in [0.3, 0.4) is 0 Å². The molecule has 2 unspecified atom stereocenters. The second-order valence-electron chi connectivity index (χ2n) is 5.86. The van der Waals surface area contributed by atoms with E-state index in [1.54, 1.807) is 6.92 Å². The van der Waals surface area contributed by atoms with Gasteiger partial charge in [-0.15, -0.1) is 0 Å². The van der Waals surface area contributed by atoms with Gasteiger partial charge in [-0.25, -0.2) is 4.39 Å². The maximum atomic E-state index is 13.4. The number of benzene rings is 1. The van der Waals surface area contributed by atoms with E-state index in [9.17, 15) is 19.1 Å². The van der Waals surface area contributed by atoms with E-state index in [0.29, 0.717) is 12.8 Å². The van der Waals surface area contributed by atoms with E-state index in [0.717, 1.165) is 18.9 Å². The van der Waals surface area contributed by atoms with Crippen molar-refractivity contribution in [3.05, 3.63) is 29.6 Å². The number of hydrogen-bond donors (Lipinski definition) is 2. The number of methoxy groups -OCH3 is 1. The molecule has 1 aliphatic rings. The molecule has 6 heteroatoms. The summed E-state index contributed by atoms with van der Waals surface area (Å²) in [7, 11) is 1.32. The molecule has 0 aliphatic heterocycles. The minimum absolute atomic E-state index is 0.0174. The van der Waals surface area contributed by atoms with E-state index in [1.807, 2.05) is 0 Å². The van der Waals surface area contributed by atoms with Crippen LogP contribution in [0.4, 0.5) is 4.39 Å². The fourth-order valence-electron chi connectivity index (χ4n) is 3.01. The molecular formula is C16H20FNO4. The first-order chi connectivity index (χ1) is 10.4. The summed E-state index contributed by atoms with van der Waals surface area (Å²) >= 11 is 0. The second kappa shape index (κ2) is 6.34. The molecule has 0 aromatic heterocycles. The smallest absolute Gasteiger partial charge is 0.308 e. The Morgan fingerprint density at radius 2 is 2.14 bits per heavy atom. The predicted molar refractivity (Wildman–Crippen MR) is 78.4 cm³/mol. The number of carbonyl (C=O) groups is 2. The predicted octanol–water partition coefficient (Wildman–Crippen LogP) is 2.60. The standard InChI is InChI=1S/C16H20FNO4/c1-16(8-4-3-5-11(16)15(20)21)18-14(19)10-6-7-12(17)13(9-10)22-2/h6-7,9,11H,3-5,8H2,1-2H3,(H,18,19)(H,20,21). The van der Waals surface area contributed by atoms with Gasteiger partial charge in [0.1, 0.15) is 0 Å². The maximum absolute atomic E-state index is 13.4. The molecule has 1 aromatic carbocycles. The van der Waals surface area contributed by atoms with E-state index in [4.69, 9.17) is 4.74 Å². The van der Waals surface area contributed by atoms with Gasteiger partial charge >= 0.3 is 5.97 Å². The van der Waals surface area contributed by atoms with Crippen LogP contribution in [-0.2, 0) is 4.79 Å². The average Bonchev–Trinajstić information content (AvgIpc) is 2.47. The number of aliphatic carboxylic acids is 1. The molecule has 1 saturated carbocycles. The first-order valence-electron chi connectivity index (χ1n) is 7.26. The number of carbonyl (C=O) groups excluding carboxylic acids is 1. The van der Waals surface area contributed by atoms with Crippen molar-refractivity contribution in [3.8, 4) is 5.75 Å². The molecule has 0 radical (unpaired) electrons. The number of amides is 1. The summed E-state index contributed by atoms with van der Waals surface area (Å²) in [5.74, 6) is -2.51. The number of ether oxygens (including phenoxy) is 1. The van der Waals surface area contributed by atoms with Crippen LogP contribution >= 0.6 is 0 Å². The van der Waals surface area contributed by atoms with Gasteiger partial charge in [0.2, 0.25) is 0 Å². The van der Waals surface area contributed by atoms with Crippen molar-refractivity contribution in [1.29, 1.82) is 0 Å². The SMILES string of the molecule is COc1cc(C(=O)NC2(C)CCCCC2C(=O)O)ccc1F. The topological polar surface area (TPSA) is 75.6 Å². The van der Waals surface area contributed by atoms with Gasteiger partial charge in [0.05, 0.1) is 18.6 Å². The number of carboxylic acid groups (broad SMARTS) is 1. The summed E-state index contributed by atoms with van der Waals surface area (Å²) in [6.45, 7) is 1.75. The summed E-state index contributed by atoms with van der Waals surface area (Å²) in [6, 6.07) is 3.83. The molecule has 1 amide bonds. The van der Waals surface area contributed by atoms with Crippen molar-refractivity contribution < 1.29 is 23.8 Å². The lowest BCUT2D eigenvalue weighted by atomic mass is 9.73. The Balaban J connectivity index is 2.21. The molecule has 0 saturated heterocycles. The van der Waals surface area contributed by atoms with Gasteiger partial charge < -0.3 is 15.2 Å². The molecule has 120 valence electrons. The lowest BCUT2D eigenvalue weighted by Crippen LogP contribution is -2.55. The van der Waals surface area contributed by atoms with E-state index >= 15 is 0 Å². The third kappa shape index (κ3) is 3.21. The van der Waals surface area contributed by atoms with Crippen LogP contribution in [0.2, 0.25) is 0 Å². The highest BCUT2D eigenvalue weighted by molar-refractivity contribution is 5.95. The van der Waals surface area contributed by atoms with Gasteiger partial charge in [0.25, 0.3) is 5.91 Å². The van der Waals surface area contributed by atoms with Crippen LogP contribution in [0.1, 0.15) is 43.0 Å². The van der Waals surface area contributed by atoms with Crippen LogP contribution in [-0.4, -0.2) is 29.6 Å². The lowest BCUT2D eigenvalue weighted by Gasteiger charge is -2.39. The monoisotopic (exact) mass is 309 g/mol. The van der Waals surface area contributed by atoms with E-state index in [-0.39, 0.29) is 11.3 Å². The summed E-state index contributed by atoms with van der Waals surface area (Å²) in [5.41, 5.74) is -0.558. The van der Waals surface area contributed by atoms with E-state index < -0.39 is 29.2 Å². The summed E-state index contributed by atoms with van der Waals surface area (Å²) in [4.78, 5) is 23.8. The van der Waals surface area contributed by atoms with Crippen molar-refractivity contribution in [2.75, 3.05) is 7.11 Å². The van der Waals surface area contributed by atoms with Gasteiger partial charge in [-0.05, 0) is 38.0 Å². The highest BCUT2D eigenvalue weighted by Crippen LogP contribution is 2.34. The molecule has 0 heterocycles. The molecule has 0 spiro atoms. The number of hydrogen-bond acceptors (Lipinski definition) is 3. The van der Waals surface area contributed by atoms with Crippen LogP contribution < -0.4 is 10.1 Å². The Bertz CT molecular complexity index is 590. The van der Waals surface area contributed by atoms with Gasteiger partial charge in [0, 0.05) is 5.56 Å². The molecule has 0 bridgehead atoms. The van der Waals surface area contributed by atoms with Crippen molar-refractivity contribution in [2.24, 2.45) is 5.92 Å². The number of halogens is 1. The first kappa shape index (κ1) is 16.3. The zero-order valence-corrected chi connectivity index (χ0v) is 12.7. The maximum Gasteiger partial charge on any atom is 0.308 e. The molecule has 2 rings (SSSR count). The summed E-state index contributed by atoms with van der Waals surface area (Å²) in [5, 5.41) is 12.2. The van der Waals surface area contributed by atoms with E-state index in [2.05, 4.69) is 5.32 Å². The van der Waals surface area contributed by atoms with Crippen LogP contribution in [0.5, 0.6) is 5.75 Å². The Morgan fingerprint density at radius 1 is 1.41 bits per heavy atom. The lowest BCUT2D eigenvalue weighted by molar-refractivity contribution is -0.145. The zero-order valence-electron chi connectivity index (χ0n) is 12.7. The van der Waals surface area contributed by atoms with Gasteiger partial charge in [0.15, 0.2) is 11.6 Å². The van der Waals surface area contributed by atoms with Crippen LogP contribution in [0, 0.1) is 11.7 Å². The molecule has 2 atom stereocenters. The number of nitrogens with one attached hydrogen (secondary N) is 1. The van der Waals surface area contributed by atoms with Gasteiger partial charge in [-0.3, -0.25) is 9.59 Å². The minimum atomic E-state index is -0.904.